The van der Waals surface area contributed by atoms with E-state index in [1.165, 1.54) is 16.3 Å². The maximum Gasteiger partial charge on any atom is 0.266 e. The van der Waals surface area contributed by atoms with Crippen LogP contribution in [0.2, 0.25) is 0 Å². The molecular weight excluding hydrogens is 476 g/mol. The summed E-state index contributed by atoms with van der Waals surface area (Å²) < 4.78 is 37.4. The molecule has 0 spiro atoms. The van der Waals surface area contributed by atoms with Gasteiger partial charge in [-0.25, -0.2) is 13.9 Å². The molecule has 2 fully saturated rings. The summed E-state index contributed by atoms with van der Waals surface area (Å²) in [6.45, 7) is 4.19. The number of hydrogen-bond donors (Lipinski definition) is 2. The van der Waals surface area contributed by atoms with E-state index in [0.717, 1.165) is 24.3 Å². The Hall–Kier alpha value is -2.41. The molecule has 11 nitrogen and oxygen atoms in total. The maximum absolute atomic E-state index is 13.7. The molecule has 0 atom stereocenters. The van der Waals surface area contributed by atoms with E-state index in [9.17, 15) is 23.2 Å². The van der Waals surface area contributed by atoms with Crippen LogP contribution in [0.25, 0.3) is 0 Å². The van der Waals surface area contributed by atoms with Crippen molar-refractivity contribution >= 4 is 27.5 Å². The van der Waals surface area contributed by atoms with Gasteiger partial charge >= 0.3 is 0 Å². The molecule has 2 heterocycles. The summed E-state index contributed by atoms with van der Waals surface area (Å²) in [4.78, 5) is 28.4. The average Bonchev–Trinajstić information content (AvgIpc) is 2.89. The van der Waals surface area contributed by atoms with E-state index in [2.05, 4.69) is 11.8 Å². The largest absolute Gasteiger partial charge is 0.494 e. The van der Waals surface area contributed by atoms with Crippen LogP contribution in [-0.4, -0.2) is 99.0 Å². The molecule has 0 radical (unpaired) electrons. The van der Waals surface area contributed by atoms with Gasteiger partial charge in [-0.3, -0.25) is 14.8 Å². The SMILES string of the molecule is CCCCOc1ccc(N2CCN(S(=O)(=O)C3(C(=O)NO)CCN(C(=O)COC)CC3)CC2)cc1. The summed E-state index contributed by atoms with van der Waals surface area (Å²) in [5, 5.41) is 9.35. The van der Waals surface area contributed by atoms with Gasteiger partial charge in [0.1, 0.15) is 12.4 Å². The van der Waals surface area contributed by atoms with Gasteiger partial charge in [0.15, 0.2) is 4.75 Å². The molecule has 1 aromatic carbocycles. The quantitative estimate of drug-likeness (QED) is 0.268. The molecule has 196 valence electrons. The Labute approximate surface area is 207 Å². The molecule has 2 saturated heterocycles. The van der Waals surface area contributed by atoms with Crippen molar-refractivity contribution < 1.29 is 32.7 Å². The Morgan fingerprint density at radius 1 is 1.06 bits per heavy atom. The van der Waals surface area contributed by atoms with Crippen molar-refractivity contribution in [2.75, 3.05) is 64.5 Å². The third-order valence-electron chi connectivity index (χ3n) is 6.75. The van der Waals surface area contributed by atoms with E-state index >= 15 is 0 Å². The second-order valence-electron chi connectivity index (χ2n) is 8.84. The number of anilines is 1. The average molecular weight is 513 g/mol. The van der Waals surface area contributed by atoms with Crippen LogP contribution in [0, 0.1) is 0 Å². The number of sulfonamides is 1. The molecule has 0 unspecified atom stereocenters. The summed E-state index contributed by atoms with van der Waals surface area (Å²) in [6.07, 6.45) is 1.86. The van der Waals surface area contributed by atoms with Crippen molar-refractivity contribution in [3.63, 3.8) is 0 Å². The lowest BCUT2D eigenvalue weighted by atomic mass is 9.95. The van der Waals surface area contributed by atoms with Crippen molar-refractivity contribution in [2.24, 2.45) is 0 Å². The van der Waals surface area contributed by atoms with Crippen molar-refractivity contribution in [3.05, 3.63) is 24.3 Å². The highest BCUT2D eigenvalue weighted by Crippen LogP contribution is 2.35. The van der Waals surface area contributed by atoms with Gasteiger partial charge in [-0.05, 0) is 43.5 Å². The number of carbonyl (C=O) groups is 2. The molecule has 0 bridgehead atoms. The first-order valence-corrected chi connectivity index (χ1v) is 13.4. The summed E-state index contributed by atoms with van der Waals surface area (Å²) in [7, 11) is -2.69. The number of piperidine rings is 1. The summed E-state index contributed by atoms with van der Waals surface area (Å²) in [6, 6.07) is 7.73. The van der Waals surface area contributed by atoms with Gasteiger partial charge < -0.3 is 19.3 Å². The number of hydrogen-bond acceptors (Lipinski definition) is 8. The lowest BCUT2D eigenvalue weighted by molar-refractivity contribution is -0.140. The molecule has 0 aliphatic carbocycles. The van der Waals surface area contributed by atoms with E-state index in [1.54, 1.807) is 5.48 Å². The fourth-order valence-corrected chi connectivity index (χ4v) is 6.67. The topological polar surface area (TPSA) is 129 Å². The lowest BCUT2D eigenvalue weighted by Gasteiger charge is -2.44. The van der Waals surface area contributed by atoms with E-state index in [1.807, 2.05) is 24.3 Å². The predicted molar refractivity (Wildman–Crippen MR) is 130 cm³/mol. The van der Waals surface area contributed by atoms with Gasteiger partial charge in [0, 0.05) is 52.1 Å². The number of piperazine rings is 1. The Morgan fingerprint density at radius 3 is 2.23 bits per heavy atom. The Kier molecular flexibility index (Phi) is 9.34. The Bertz CT molecular complexity index is 955. The van der Waals surface area contributed by atoms with Crippen LogP contribution in [0.5, 0.6) is 5.75 Å². The summed E-state index contributed by atoms with van der Waals surface area (Å²) in [5.41, 5.74) is 2.52. The van der Waals surface area contributed by atoms with Crippen molar-refractivity contribution in [2.45, 2.75) is 37.4 Å². The molecule has 1 aromatic rings. The number of methoxy groups -OCH3 is 1. The van der Waals surface area contributed by atoms with Crippen LogP contribution in [0.3, 0.4) is 0 Å². The highest BCUT2D eigenvalue weighted by Gasteiger charge is 2.55. The monoisotopic (exact) mass is 512 g/mol. The zero-order valence-electron chi connectivity index (χ0n) is 20.4. The van der Waals surface area contributed by atoms with Crippen LogP contribution in [0.1, 0.15) is 32.6 Å². The van der Waals surface area contributed by atoms with Gasteiger partial charge in [0.25, 0.3) is 5.91 Å². The second kappa shape index (κ2) is 12.0. The number of unbranched alkanes of at least 4 members (excludes halogenated alkanes) is 1. The second-order valence-corrected chi connectivity index (χ2v) is 11.1. The molecule has 2 amide bonds. The number of carbonyl (C=O) groups excluding carboxylic acids is 2. The van der Waals surface area contributed by atoms with Crippen LogP contribution < -0.4 is 15.1 Å². The van der Waals surface area contributed by atoms with Gasteiger partial charge in [-0.15, -0.1) is 0 Å². The minimum Gasteiger partial charge on any atom is -0.494 e. The number of hydroxylamine groups is 1. The first-order chi connectivity index (χ1) is 16.8. The van der Waals surface area contributed by atoms with Gasteiger partial charge in [-0.1, -0.05) is 13.3 Å². The molecular formula is C23H36N4O7S. The Balaban J connectivity index is 1.66. The van der Waals surface area contributed by atoms with E-state index in [-0.39, 0.29) is 51.5 Å². The number of likely N-dealkylation sites (tertiary alicyclic amines) is 1. The van der Waals surface area contributed by atoms with Crippen LogP contribution >= 0.6 is 0 Å². The fraction of sp³-hybridized carbons (Fsp3) is 0.652. The van der Waals surface area contributed by atoms with Gasteiger partial charge in [-0.2, -0.15) is 4.31 Å². The molecule has 0 aromatic heterocycles. The minimum atomic E-state index is -4.10. The van der Waals surface area contributed by atoms with Crippen LogP contribution in [-0.2, 0) is 24.3 Å². The standard InChI is InChI=1S/C23H36N4O7S/c1-3-4-17-34-20-7-5-19(6-8-20)25-13-15-27(16-14-25)35(31,32)23(22(29)24-30)9-11-26(12-10-23)21(28)18-33-2/h5-8,30H,3-4,9-18H2,1-2H3,(H,24,29). The third-order valence-corrected chi connectivity index (χ3v) is 9.37. The lowest BCUT2D eigenvalue weighted by Crippen LogP contribution is -2.64. The number of amides is 2. The Morgan fingerprint density at radius 2 is 1.69 bits per heavy atom. The normalized spacial score (nSPS) is 18.8. The first-order valence-electron chi connectivity index (χ1n) is 12.0. The van der Waals surface area contributed by atoms with Gasteiger partial charge in [0.2, 0.25) is 15.9 Å². The summed E-state index contributed by atoms with van der Waals surface area (Å²) in [5.74, 6) is -0.425. The van der Waals surface area contributed by atoms with Crippen LogP contribution in [0.4, 0.5) is 5.69 Å². The van der Waals surface area contributed by atoms with E-state index in [4.69, 9.17) is 9.47 Å². The number of ether oxygens (including phenoxy) is 2. The van der Waals surface area contributed by atoms with Crippen molar-refractivity contribution in [1.29, 1.82) is 0 Å². The van der Waals surface area contributed by atoms with Crippen LogP contribution in [0.15, 0.2) is 24.3 Å². The zero-order valence-corrected chi connectivity index (χ0v) is 21.3. The number of rotatable bonds is 10. The van der Waals surface area contributed by atoms with Crippen molar-refractivity contribution in [1.82, 2.24) is 14.7 Å². The number of benzene rings is 1. The third kappa shape index (κ3) is 5.88. The molecule has 12 heteroatoms. The molecule has 3 rings (SSSR count). The number of nitrogens with zero attached hydrogens (tertiary/aromatic N) is 3. The first kappa shape index (κ1) is 27.2. The van der Waals surface area contributed by atoms with E-state index < -0.39 is 20.7 Å². The highest BCUT2D eigenvalue weighted by molar-refractivity contribution is 7.91. The molecule has 2 N–H and O–H groups in total. The molecule has 35 heavy (non-hydrogen) atoms. The molecule has 0 saturated carbocycles. The highest BCUT2D eigenvalue weighted by atomic mass is 32.2. The van der Waals surface area contributed by atoms with E-state index in [0.29, 0.717) is 19.7 Å². The minimum absolute atomic E-state index is 0.0848. The molecule has 2 aliphatic rings. The number of nitrogens with one attached hydrogen (secondary N) is 1. The predicted octanol–water partition coefficient (Wildman–Crippen LogP) is 0.830. The zero-order chi connectivity index (χ0) is 25.5. The summed E-state index contributed by atoms with van der Waals surface area (Å²) >= 11 is 0. The smallest absolute Gasteiger partial charge is 0.266 e. The maximum atomic E-state index is 13.7. The molecule has 2 aliphatic heterocycles. The van der Waals surface area contributed by atoms with Crippen molar-refractivity contribution in [3.8, 4) is 5.75 Å². The fourth-order valence-electron chi connectivity index (χ4n) is 4.56. The van der Waals surface area contributed by atoms with Gasteiger partial charge in [0.05, 0.1) is 6.61 Å².